The van der Waals surface area contributed by atoms with E-state index in [2.05, 4.69) is 80.4 Å². The zero-order valence-corrected chi connectivity index (χ0v) is 14.5. The third kappa shape index (κ3) is 7.07. The van der Waals surface area contributed by atoms with E-state index in [0.29, 0.717) is 12.0 Å². The van der Waals surface area contributed by atoms with Crippen LogP contribution in [0.3, 0.4) is 0 Å². The summed E-state index contributed by atoms with van der Waals surface area (Å²) < 4.78 is 0. The molecule has 0 aliphatic rings. The van der Waals surface area contributed by atoms with Crippen LogP contribution >= 0.6 is 0 Å². The van der Waals surface area contributed by atoms with Gasteiger partial charge in [-0.1, -0.05) is 44.2 Å². The summed E-state index contributed by atoms with van der Waals surface area (Å²) >= 11 is 0. The first-order chi connectivity index (χ1) is 10.0. The van der Waals surface area contributed by atoms with Gasteiger partial charge in [0.15, 0.2) is 0 Å². The van der Waals surface area contributed by atoms with Crippen molar-refractivity contribution in [3.8, 4) is 0 Å². The van der Waals surface area contributed by atoms with E-state index in [1.54, 1.807) is 0 Å². The molecule has 0 aromatic heterocycles. The quantitative estimate of drug-likeness (QED) is 0.715. The summed E-state index contributed by atoms with van der Waals surface area (Å²) in [5.74, 6) is 0.589. The van der Waals surface area contributed by atoms with Crippen LogP contribution in [-0.4, -0.2) is 57.1 Å². The Morgan fingerprint density at radius 2 is 1.71 bits per heavy atom. The van der Waals surface area contributed by atoms with Gasteiger partial charge in [-0.3, -0.25) is 0 Å². The van der Waals surface area contributed by atoms with E-state index in [9.17, 15) is 0 Å². The third-order valence-electron chi connectivity index (χ3n) is 3.87. The molecule has 1 aromatic rings. The molecule has 0 fully saturated rings. The zero-order valence-electron chi connectivity index (χ0n) is 14.5. The van der Waals surface area contributed by atoms with Crippen LogP contribution in [0.5, 0.6) is 0 Å². The van der Waals surface area contributed by atoms with Gasteiger partial charge in [-0.2, -0.15) is 0 Å². The number of nitrogens with one attached hydrogen (secondary N) is 1. The summed E-state index contributed by atoms with van der Waals surface area (Å²) in [6.45, 7) is 9.00. The summed E-state index contributed by atoms with van der Waals surface area (Å²) in [5, 5.41) is 3.72. The van der Waals surface area contributed by atoms with Crippen molar-refractivity contribution in [3.63, 3.8) is 0 Å². The van der Waals surface area contributed by atoms with Gasteiger partial charge in [-0.25, -0.2) is 0 Å². The molecule has 0 spiro atoms. The maximum atomic E-state index is 3.72. The van der Waals surface area contributed by atoms with Crippen LogP contribution in [0.2, 0.25) is 0 Å². The van der Waals surface area contributed by atoms with Crippen LogP contribution in [0.15, 0.2) is 30.3 Å². The van der Waals surface area contributed by atoms with Crippen LogP contribution in [0.25, 0.3) is 0 Å². The molecule has 0 saturated carbocycles. The van der Waals surface area contributed by atoms with Gasteiger partial charge in [0.05, 0.1) is 0 Å². The lowest BCUT2D eigenvalue weighted by Gasteiger charge is -2.30. The lowest BCUT2D eigenvalue weighted by molar-refractivity contribution is 0.226. The molecule has 0 amide bonds. The van der Waals surface area contributed by atoms with E-state index >= 15 is 0 Å². The van der Waals surface area contributed by atoms with Crippen molar-refractivity contribution in [3.05, 3.63) is 35.9 Å². The molecule has 120 valence electrons. The molecule has 1 aromatic carbocycles. The molecule has 0 saturated heterocycles. The molecule has 1 N–H and O–H groups in total. The lowest BCUT2D eigenvalue weighted by atomic mass is 9.94. The van der Waals surface area contributed by atoms with Crippen LogP contribution in [0, 0.1) is 5.92 Å². The smallest absolute Gasteiger partial charge is 0.0358 e. The molecule has 2 unspecified atom stereocenters. The van der Waals surface area contributed by atoms with Crippen LogP contribution in [0.4, 0.5) is 0 Å². The van der Waals surface area contributed by atoms with Crippen LogP contribution in [-0.2, 0) is 0 Å². The molecule has 0 aliphatic carbocycles. The Balaban J connectivity index is 2.61. The number of nitrogens with zero attached hydrogens (tertiary/aromatic N) is 2. The second kappa shape index (κ2) is 9.93. The Morgan fingerprint density at radius 3 is 2.29 bits per heavy atom. The normalized spacial score (nSPS) is 14.6. The predicted octanol–water partition coefficient (Wildman–Crippen LogP) is 2.86. The highest BCUT2D eigenvalue weighted by Gasteiger charge is 2.19. The van der Waals surface area contributed by atoms with Gasteiger partial charge < -0.3 is 15.1 Å². The van der Waals surface area contributed by atoms with Crippen molar-refractivity contribution in [2.45, 2.75) is 26.3 Å². The Morgan fingerprint density at radius 1 is 1.05 bits per heavy atom. The number of hydrogen-bond acceptors (Lipinski definition) is 3. The molecule has 0 bridgehead atoms. The van der Waals surface area contributed by atoms with Crippen molar-refractivity contribution in [2.24, 2.45) is 5.92 Å². The number of likely N-dealkylation sites (N-methyl/N-ethyl adjacent to an activating group) is 2. The van der Waals surface area contributed by atoms with Gasteiger partial charge in [-0.05, 0) is 45.6 Å². The summed E-state index contributed by atoms with van der Waals surface area (Å²) in [6, 6.07) is 11.3. The Bertz CT molecular complexity index is 364. The molecule has 1 rings (SSSR count). The van der Waals surface area contributed by atoms with Gasteiger partial charge in [0, 0.05) is 25.7 Å². The molecular weight excluding hydrogens is 258 g/mol. The van der Waals surface area contributed by atoms with E-state index in [4.69, 9.17) is 0 Å². The molecule has 21 heavy (non-hydrogen) atoms. The minimum Gasteiger partial charge on any atom is -0.310 e. The zero-order chi connectivity index (χ0) is 15.7. The Labute approximate surface area is 131 Å². The third-order valence-corrected chi connectivity index (χ3v) is 3.87. The van der Waals surface area contributed by atoms with Crippen LogP contribution < -0.4 is 5.32 Å². The SMILES string of the molecule is CCCNC(c1ccccc1)C(C)CN(C)CCN(C)C. The predicted molar refractivity (Wildman–Crippen MR) is 92.7 cm³/mol. The highest BCUT2D eigenvalue weighted by molar-refractivity contribution is 5.19. The first kappa shape index (κ1) is 18.1. The maximum absolute atomic E-state index is 3.72. The number of benzene rings is 1. The molecular formula is C18H33N3. The minimum atomic E-state index is 0.438. The van der Waals surface area contributed by atoms with Gasteiger partial charge in [0.2, 0.25) is 0 Å². The van der Waals surface area contributed by atoms with Gasteiger partial charge in [0.25, 0.3) is 0 Å². The topological polar surface area (TPSA) is 18.5 Å². The molecule has 0 aliphatic heterocycles. The highest BCUT2D eigenvalue weighted by Crippen LogP contribution is 2.22. The summed E-state index contributed by atoms with van der Waals surface area (Å²) in [7, 11) is 6.49. The van der Waals surface area contributed by atoms with Crippen molar-refractivity contribution >= 4 is 0 Å². The highest BCUT2D eigenvalue weighted by atomic mass is 15.2. The van der Waals surface area contributed by atoms with Gasteiger partial charge in [-0.15, -0.1) is 0 Å². The fourth-order valence-corrected chi connectivity index (χ4v) is 2.67. The van der Waals surface area contributed by atoms with Crippen molar-refractivity contribution in [1.29, 1.82) is 0 Å². The van der Waals surface area contributed by atoms with E-state index in [1.165, 1.54) is 12.0 Å². The number of rotatable bonds is 10. The maximum Gasteiger partial charge on any atom is 0.0358 e. The second-order valence-corrected chi connectivity index (χ2v) is 6.39. The minimum absolute atomic E-state index is 0.438. The first-order valence-corrected chi connectivity index (χ1v) is 8.16. The molecule has 3 nitrogen and oxygen atoms in total. The van der Waals surface area contributed by atoms with Gasteiger partial charge in [0.1, 0.15) is 0 Å². The van der Waals surface area contributed by atoms with Gasteiger partial charge >= 0.3 is 0 Å². The van der Waals surface area contributed by atoms with E-state index < -0.39 is 0 Å². The Hall–Kier alpha value is -0.900. The summed E-state index contributed by atoms with van der Waals surface area (Å²) in [4.78, 5) is 4.68. The van der Waals surface area contributed by atoms with E-state index in [0.717, 1.165) is 26.2 Å². The molecule has 0 heterocycles. The monoisotopic (exact) mass is 291 g/mol. The summed E-state index contributed by atoms with van der Waals surface area (Å²) in [5.41, 5.74) is 1.40. The largest absolute Gasteiger partial charge is 0.310 e. The molecule has 2 atom stereocenters. The standard InChI is InChI=1S/C18H33N3/c1-6-12-19-18(17-10-8-7-9-11-17)16(2)15-21(5)14-13-20(3)4/h7-11,16,18-19H,6,12-15H2,1-5H3. The fourth-order valence-electron chi connectivity index (χ4n) is 2.67. The number of hydrogen-bond donors (Lipinski definition) is 1. The summed E-state index contributed by atoms with van der Waals surface area (Å²) in [6.07, 6.45) is 1.17. The molecule has 3 heteroatoms. The fraction of sp³-hybridized carbons (Fsp3) is 0.667. The molecule has 0 radical (unpaired) electrons. The Kier molecular flexibility index (Phi) is 8.58. The first-order valence-electron chi connectivity index (χ1n) is 8.16. The average molecular weight is 291 g/mol. The van der Waals surface area contributed by atoms with E-state index in [-0.39, 0.29) is 0 Å². The lowest BCUT2D eigenvalue weighted by Crippen LogP contribution is -2.37. The van der Waals surface area contributed by atoms with E-state index in [1.807, 2.05) is 0 Å². The van der Waals surface area contributed by atoms with Crippen molar-refractivity contribution in [2.75, 3.05) is 47.3 Å². The van der Waals surface area contributed by atoms with Crippen LogP contribution in [0.1, 0.15) is 31.9 Å². The van der Waals surface area contributed by atoms with Crippen molar-refractivity contribution < 1.29 is 0 Å². The van der Waals surface area contributed by atoms with Crippen molar-refractivity contribution in [1.82, 2.24) is 15.1 Å². The average Bonchev–Trinajstić information content (AvgIpc) is 2.46. The second-order valence-electron chi connectivity index (χ2n) is 6.39.